The van der Waals surface area contributed by atoms with Crippen LogP contribution in [0.3, 0.4) is 0 Å². The van der Waals surface area contributed by atoms with Gasteiger partial charge in [-0.2, -0.15) is 0 Å². The standard InChI is InChI=1S/C18H23NOS/c1-12(2)18(16-6-5-9-21-16)19-17(20)11-15-8-7-13(3)14(4)10-15/h5-10,12,18H,11H2,1-4H3,(H,19,20)/t18-/m1/s1. The van der Waals surface area contributed by atoms with Crippen LogP contribution >= 0.6 is 11.3 Å². The molecule has 0 radical (unpaired) electrons. The zero-order chi connectivity index (χ0) is 15.4. The Morgan fingerprint density at radius 2 is 1.95 bits per heavy atom. The molecule has 0 saturated carbocycles. The normalized spacial score (nSPS) is 12.4. The molecule has 0 saturated heterocycles. The van der Waals surface area contributed by atoms with Crippen molar-refractivity contribution in [3.8, 4) is 0 Å². The van der Waals surface area contributed by atoms with Gasteiger partial charge in [-0.15, -0.1) is 11.3 Å². The second-order valence-electron chi connectivity index (χ2n) is 5.90. The van der Waals surface area contributed by atoms with E-state index in [0.29, 0.717) is 12.3 Å². The van der Waals surface area contributed by atoms with E-state index in [1.54, 1.807) is 11.3 Å². The first kappa shape index (κ1) is 15.8. The van der Waals surface area contributed by atoms with Gasteiger partial charge in [-0.25, -0.2) is 0 Å². The summed E-state index contributed by atoms with van der Waals surface area (Å²) in [5.41, 5.74) is 3.57. The molecule has 2 nitrogen and oxygen atoms in total. The molecule has 1 N–H and O–H groups in total. The van der Waals surface area contributed by atoms with Crippen LogP contribution in [-0.2, 0) is 11.2 Å². The molecule has 21 heavy (non-hydrogen) atoms. The van der Waals surface area contributed by atoms with Gasteiger partial charge in [-0.05, 0) is 47.9 Å². The Morgan fingerprint density at radius 3 is 2.52 bits per heavy atom. The summed E-state index contributed by atoms with van der Waals surface area (Å²) in [6, 6.07) is 10.4. The quantitative estimate of drug-likeness (QED) is 0.870. The van der Waals surface area contributed by atoms with E-state index in [9.17, 15) is 4.79 Å². The minimum absolute atomic E-state index is 0.0883. The number of rotatable bonds is 5. The molecule has 1 aromatic heterocycles. The van der Waals surface area contributed by atoms with Gasteiger partial charge in [0.05, 0.1) is 12.5 Å². The lowest BCUT2D eigenvalue weighted by atomic mass is 10.0. The Labute approximate surface area is 131 Å². The molecule has 0 aliphatic heterocycles. The molecule has 2 rings (SSSR count). The minimum atomic E-state index is 0.0883. The Bertz CT molecular complexity index is 602. The van der Waals surface area contributed by atoms with Gasteiger partial charge >= 0.3 is 0 Å². The predicted octanol–water partition coefficient (Wildman–Crippen LogP) is 4.42. The molecule has 1 heterocycles. The summed E-state index contributed by atoms with van der Waals surface area (Å²) in [5.74, 6) is 0.470. The molecule has 2 aromatic rings. The Kier molecular flexibility index (Phi) is 5.18. The molecule has 0 aliphatic carbocycles. The van der Waals surface area contributed by atoms with Crippen LogP contribution in [0.25, 0.3) is 0 Å². The maximum Gasteiger partial charge on any atom is 0.224 e. The van der Waals surface area contributed by atoms with Gasteiger partial charge in [0, 0.05) is 4.88 Å². The molecule has 1 atom stereocenters. The van der Waals surface area contributed by atoms with Gasteiger partial charge in [0.1, 0.15) is 0 Å². The topological polar surface area (TPSA) is 29.1 Å². The van der Waals surface area contributed by atoms with Crippen molar-refractivity contribution in [3.63, 3.8) is 0 Å². The number of thiophene rings is 1. The number of hydrogen-bond acceptors (Lipinski definition) is 2. The average Bonchev–Trinajstić information content (AvgIpc) is 2.93. The summed E-state index contributed by atoms with van der Waals surface area (Å²) >= 11 is 1.70. The SMILES string of the molecule is Cc1ccc(CC(=O)N[C@@H](c2cccs2)C(C)C)cc1C. The van der Waals surface area contributed by atoms with Gasteiger partial charge in [0.2, 0.25) is 5.91 Å². The van der Waals surface area contributed by atoms with Gasteiger partial charge < -0.3 is 5.32 Å². The first-order chi connectivity index (χ1) is 9.97. The maximum atomic E-state index is 12.3. The summed E-state index contributed by atoms with van der Waals surface area (Å²) in [5, 5.41) is 5.23. The highest BCUT2D eigenvalue weighted by atomic mass is 32.1. The third-order valence-electron chi connectivity index (χ3n) is 3.77. The van der Waals surface area contributed by atoms with Crippen LogP contribution in [-0.4, -0.2) is 5.91 Å². The van der Waals surface area contributed by atoms with E-state index in [-0.39, 0.29) is 11.9 Å². The largest absolute Gasteiger partial charge is 0.348 e. The summed E-state index contributed by atoms with van der Waals surface area (Å²) in [4.78, 5) is 13.5. The number of carbonyl (C=O) groups excluding carboxylic acids is 1. The van der Waals surface area contributed by atoms with Crippen LogP contribution < -0.4 is 5.32 Å². The number of benzene rings is 1. The highest BCUT2D eigenvalue weighted by Gasteiger charge is 2.19. The monoisotopic (exact) mass is 301 g/mol. The number of amides is 1. The first-order valence-electron chi connectivity index (χ1n) is 7.36. The van der Waals surface area contributed by atoms with Gasteiger partial charge in [-0.3, -0.25) is 4.79 Å². The molecular formula is C18H23NOS. The molecule has 1 aromatic carbocycles. The van der Waals surface area contributed by atoms with E-state index in [1.165, 1.54) is 16.0 Å². The second kappa shape index (κ2) is 6.90. The van der Waals surface area contributed by atoms with Crippen molar-refractivity contribution in [2.24, 2.45) is 5.92 Å². The predicted molar refractivity (Wildman–Crippen MR) is 89.7 cm³/mol. The van der Waals surface area contributed by atoms with Crippen molar-refractivity contribution in [1.82, 2.24) is 5.32 Å². The molecule has 1 amide bonds. The summed E-state index contributed by atoms with van der Waals surface area (Å²) < 4.78 is 0. The average molecular weight is 301 g/mol. The lowest BCUT2D eigenvalue weighted by Crippen LogP contribution is -2.32. The van der Waals surface area contributed by atoms with E-state index >= 15 is 0 Å². The third kappa shape index (κ3) is 4.18. The van der Waals surface area contributed by atoms with Crippen molar-refractivity contribution in [3.05, 3.63) is 57.3 Å². The van der Waals surface area contributed by atoms with E-state index in [2.05, 4.69) is 56.6 Å². The number of hydrogen-bond donors (Lipinski definition) is 1. The fourth-order valence-electron chi connectivity index (χ4n) is 2.36. The van der Waals surface area contributed by atoms with Crippen LogP contribution in [0, 0.1) is 19.8 Å². The van der Waals surface area contributed by atoms with Crippen LogP contribution in [0.5, 0.6) is 0 Å². The minimum Gasteiger partial charge on any atom is -0.348 e. The molecule has 0 spiro atoms. The van der Waals surface area contributed by atoms with E-state index < -0.39 is 0 Å². The first-order valence-corrected chi connectivity index (χ1v) is 8.24. The maximum absolute atomic E-state index is 12.3. The van der Waals surface area contributed by atoms with E-state index in [4.69, 9.17) is 0 Å². The summed E-state index contributed by atoms with van der Waals surface area (Å²) in [6.07, 6.45) is 0.440. The summed E-state index contributed by atoms with van der Waals surface area (Å²) in [6.45, 7) is 8.45. The third-order valence-corrected chi connectivity index (χ3v) is 4.72. The molecule has 0 bridgehead atoms. The van der Waals surface area contributed by atoms with Crippen molar-refractivity contribution >= 4 is 17.2 Å². The highest BCUT2D eigenvalue weighted by molar-refractivity contribution is 7.10. The fraction of sp³-hybridized carbons (Fsp3) is 0.389. The number of aryl methyl sites for hydroxylation is 2. The number of nitrogens with one attached hydrogen (secondary N) is 1. The Hall–Kier alpha value is -1.61. The zero-order valence-corrected chi connectivity index (χ0v) is 14.0. The van der Waals surface area contributed by atoms with Crippen molar-refractivity contribution in [2.75, 3.05) is 0 Å². The van der Waals surface area contributed by atoms with Crippen molar-refractivity contribution < 1.29 is 4.79 Å². The van der Waals surface area contributed by atoms with Crippen molar-refractivity contribution in [2.45, 2.75) is 40.2 Å². The van der Waals surface area contributed by atoms with E-state index in [1.807, 2.05) is 12.1 Å². The molecule has 3 heteroatoms. The molecule has 0 fully saturated rings. The number of carbonyl (C=O) groups is 1. The second-order valence-corrected chi connectivity index (χ2v) is 6.88. The Balaban J connectivity index is 2.04. The smallest absolute Gasteiger partial charge is 0.224 e. The van der Waals surface area contributed by atoms with Crippen LogP contribution in [0.15, 0.2) is 35.7 Å². The van der Waals surface area contributed by atoms with Gasteiger partial charge in [0.25, 0.3) is 0 Å². The van der Waals surface area contributed by atoms with Crippen LogP contribution in [0.4, 0.5) is 0 Å². The lowest BCUT2D eigenvalue weighted by molar-refractivity contribution is -0.121. The molecule has 0 unspecified atom stereocenters. The Morgan fingerprint density at radius 1 is 1.19 bits per heavy atom. The van der Waals surface area contributed by atoms with Crippen molar-refractivity contribution in [1.29, 1.82) is 0 Å². The molecule has 112 valence electrons. The molecular weight excluding hydrogens is 278 g/mol. The van der Waals surface area contributed by atoms with Gasteiger partial charge in [0.15, 0.2) is 0 Å². The van der Waals surface area contributed by atoms with Gasteiger partial charge in [-0.1, -0.05) is 38.1 Å². The lowest BCUT2D eigenvalue weighted by Gasteiger charge is -2.21. The summed E-state index contributed by atoms with van der Waals surface area (Å²) in [7, 11) is 0. The fourth-order valence-corrected chi connectivity index (χ4v) is 3.31. The van der Waals surface area contributed by atoms with Crippen LogP contribution in [0.1, 0.15) is 41.5 Å². The highest BCUT2D eigenvalue weighted by Crippen LogP contribution is 2.25. The van der Waals surface area contributed by atoms with Crippen LogP contribution in [0.2, 0.25) is 0 Å². The zero-order valence-electron chi connectivity index (χ0n) is 13.1. The molecule has 0 aliphatic rings. The van der Waals surface area contributed by atoms with E-state index in [0.717, 1.165) is 5.56 Å².